The molecule has 1 unspecified atom stereocenters. The summed E-state index contributed by atoms with van der Waals surface area (Å²) in [5.74, 6) is 0.201. The van der Waals surface area contributed by atoms with Gasteiger partial charge in [0.05, 0.1) is 12.6 Å². The van der Waals surface area contributed by atoms with E-state index >= 15 is 0 Å². The topological polar surface area (TPSA) is 52.6 Å². The van der Waals surface area contributed by atoms with Crippen LogP contribution in [0, 0.1) is 5.41 Å². The van der Waals surface area contributed by atoms with Crippen LogP contribution < -0.4 is 5.32 Å². The highest BCUT2D eigenvalue weighted by atomic mass is 16.3. The first kappa shape index (κ1) is 14.5. The Morgan fingerprint density at radius 1 is 1.41 bits per heavy atom. The van der Waals surface area contributed by atoms with E-state index < -0.39 is 0 Å². The molecule has 0 bridgehead atoms. The van der Waals surface area contributed by atoms with Crippen LogP contribution in [0.3, 0.4) is 0 Å². The Hall–Kier alpha value is -0.610. The summed E-state index contributed by atoms with van der Waals surface area (Å²) in [5, 5.41) is 12.7. The molecular weight excluding hydrogens is 216 g/mol. The minimum atomic E-state index is -0.114. The Kier molecular flexibility index (Phi) is 5.40. The van der Waals surface area contributed by atoms with Crippen molar-refractivity contribution < 1.29 is 9.90 Å². The number of carbonyl (C=O) groups excluding carboxylic acids is 1. The van der Waals surface area contributed by atoms with Gasteiger partial charge in [0.25, 0.3) is 0 Å². The summed E-state index contributed by atoms with van der Waals surface area (Å²) < 4.78 is 0. The van der Waals surface area contributed by atoms with Gasteiger partial charge >= 0.3 is 0 Å². The number of aliphatic hydroxyl groups excluding tert-OH is 1. The summed E-state index contributed by atoms with van der Waals surface area (Å²) in [6, 6.07) is -0.00916. The van der Waals surface area contributed by atoms with Crippen LogP contribution >= 0.6 is 0 Å². The van der Waals surface area contributed by atoms with Crippen LogP contribution in [0.2, 0.25) is 0 Å². The molecule has 4 heteroatoms. The number of likely N-dealkylation sites (N-methyl/N-ethyl adjacent to an activating group) is 1. The molecule has 0 aromatic carbocycles. The standard InChI is InChI=1S/C13H26N2O2/c1-4-13(5-2,10-16)9-15-8-7-11(12(15)17)14-6-3/h11,14,16H,4-10H2,1-3H3. The highest BCUT2D eigenvalue weighted by Gasteiger charge is 2.36. The Labute approximate surface area is 104 Å². The molecule has 1 rings (SSSR count). The lowest BCUT2D eigenvalue weighted by Gasteiger charge is -2.34. The number of aliphatic hydroxyl groups is 1. The maximum atomic E-state index is 12.1. The van der Waals surface area contributed by atoms with Crippen molar-refractivity contribution >= 4 is 5.91 Å². The fraction of sp³-hybridized carbons (Fsp3) is 0.923. The van der Waals surface area contributed by atoms with Gasteiger partial charge in [-0.15, -0.1) is 0 Å². The summed E-state index contributed by atoms with van der Waals surface area (Å²) >= 11 is 0. The van der Waals surface area contributed by atoms with Crippen LogP contribution in [0.1, 0.15) is 40.0 Å². The van der Waals surface area contributed by atoms with E-state index in [0.29, 0.717) is 6.54 Å². The second kappa shape index (κ2) is 6.36. The number of amides is 1. The molecule has 1 aliphatic rings. The molecule has 1 aliphatic heterocycles. The van der Waals surface area contributed by atoms with Gasteiger partial charge in [-0.3, -0.25) is 4.79 Å². The lowest BCUT2D eigenvalue weighted by atomic mass is 9.83. The third-order valence-electron chi connectivity index (χ3n) is 4.11. The predicted octanol–water partition coefficient (Wildman–Crippen LogP) is 0.995. The van der Waals surface area contributed by atoms with Crippen molar-refractivity contribution in [1.29, 1.82) is 0 Å². The van der Waals surface area contributed by atoms with E-state index in [0.717, 1.165) is 32.4 Å². The smallest absolute Gasteiger partial charge is 0.239 e. The van der Waals surface area contributed by atoms with Crippen molar-refractivity contribution in [2.45, 2.75) is 46.1 Å². The zero-order valence-electron chi connectivity index (χ0n) is 11.3. The minimum absolute atomic E-state index is 0.00916. The molecule has 1 fully saturated rings. The van der Waals surface area contributed by atoms with Crippen molar-refractivity contribution in [3.05, 3.63) is 0 Å². The molecule has 17 heavy (non-hydrogen) atoms. The molecule has 0 spiro atoms. The predicted molar refractivity (Wildman–Crippen MR) is 68.8 cm³/mol. The van der Waals surface area contributed by atoms with Crippen molar-refractivity contribution in [1.82, 2.24) is 10.2 Å². The van der Waals surface area contributed by atoms with E-state index in [9.17, 15) is 9.90 Å². The summed E-state index contributed by atoms with van der Waals surface area (Å²) in [4.78, 5) is 14.0. The molecule has 0 aromatic rings. The molecule has 0 radical (unpaired) electrons. The normalized spacial score (nSPS) is 21.3. The first-order chi connectivity index (χ1) is 8.12. The average molecular weight is 242 g/mol. The van der Waals surface area contributed by atoms with Crippen LogP contribution in [-0.2, 0) is 4.79 Å². The molecule has 1 atom stereocenters. The average Bonchev–Trinajstić information content (AvgIpc) is 2.69. The molecular formula is C13H26N2O2. The fourth-order valence-corrected chi connectivity index (χ4v) is 2.48. The first-order valence-electron chi connectivity index (χ1n) is 6.75. The molecule has 0 aliphatic carbocycles. The number of carbonyl (C=O) groups is 1. The Balaban J connectivity index is 2.60. The van der Waals surface area contributed by atoms with Gasteiger partial charge in [-0.1, -0.05) is 20.8 Å². The summed E-state index contributed by atoms with van der Waals surface area (Å²) in [5.41, 5.74) is -0.114. The van der Waals surface area contributed by atoms with Crippen molar-refractivity contribution in [3.8, 4) is 0 Å². The molecule has 1 heterocycles. The maximum Gasteiger partial charge on any atom is 0.239 e. The number of nitrogens with one attached hydrogen (secondary N) is 1. The monoisotopic (exact) mass is 242 g/mol. The minimum Gasteiger partial charge on any atom is -0.396 e. The Morgan fingerprint density at radius 2 is 2.06 bits per heavy atom. The molecule has 0 saturated carbocycles. The van der Waals surface area contributed by atoms with Gasteiger partial charge in [0.2, 0.25) is 5.91 Å². The van der Waals surface area contributed by atoms with Crippen LogP contribution in [0.25, 0.3) is 0 Å². The van der Waals surface area contributed by atoms with Crippen LogP contribution in [-0.4, -0.2) is 48.2 Å². The second-order valence-electron chi connectivity index (χ2n) is 5.02. The molecule has 1 saturated heterocycles. The molecule has 1 amide bonds. The first-order valence-corrected chi connectivity index (χ1v) is 6.75. The van der Waals surface area contributed by atoms with E-state index in [1.54, 1.807) is 0 Å². The van der Waals surface area contributed by atoms with Crippen molar-refractivity contribution in [2.24, 2.45) is 5.41 Å². The van der Waals surface area contributed by atoms with E-state index in [4.69, 9.17) is 0 Å². The fourth-order valence-electron chi connectivity index (χ4n) is 2.48. The summed E-state index contributed by atoms with van der Waals surface area (Å²) in [6.45, 7) is 8.69. The second-order valence-corrected chi connectivity index (χ2v) is 5.02. The summed E-state index contributed by atoms with van der Waals surface area (Å²) in [6.07, 6.45) is 2.72. The van der Waals surface area contributed by atoms with Crippen molar-refractivity contribution in [3.63, 3.8) is 0 Å². The molecule has 0 aromatic heterocycles. The Morgan fingerprint density at radius 3 is 2.53 bits per heavy atom. The highest BCUT2D eigenvalue weighted by molar-refractivity contribution is 5.84. The van der Waals surface area contributed by atoms with Gasteiger partial charge in [-0.25, -0.2) is 0 Å². The zero-order chi connectivity index (χ0) is 12.9. The molecule has 4 nitrogen and oxygen atoms in total. The third kappa shape index (κ3) is 3.19. The van der Waals surface area contributed by atoms with Crippen molar-refractivity contribution in [2.75, 3.05) is 26.2 Å². The van der Waals surface area contributed by atoms with Gasteiger partial charge in [0, 0.05) is 18.5 Å². The van der Waals surface area contributed by atoms with E-state index in [1.165, 1.54) is 0 Å². The van der Waals surface area contributed by atoms with E-state index in [-0.39, 0.29) is 24.0 Å². The quantitative estimate of drug-likeness (QED) is 0.700. The Bertz CT molecular complexity index is 244. The lowest BCUT2D eigenvalue weighted by molar-refractivity contribution is -0.131. The number of rotatable bonds is 7. The highest BCUT2D eigenvalue weighted by Crippen LogP contribution is 2.28. The molecule has 2 N–H and O–H groups in total. The lowest BCUT2D eigenvalue weighted by Crippen LogP contribution is -2.44. The van der Waals surface area contributed by atoms with Crippen LogP contribution in [0.5, 0.6) is 0 Å². The van der Waals surface area contributed by atoms with Gasteiger partial charge in [-0.05, 0) is 25.8 Å². The van der Waals surface area contributed by atoms with E-state index in [2.05, 4.69) is 19.2 Å². The van der Waals surface area contributed by atoms with E-state index in [1.807, 2.05) is 11.8 Å². The SMILES string of the molecule is CCNC1CCN(CC(CC)(CC)CO)C1=O. The number of hydrogen-bond acceptors (Lipinski definition) is 3. The van der Waals surface area contributed by atoms with Crippen LogP contribution in [0.4, 0.5) is 0 Å². The largest absolute Gasteiger partial charge is 0.396 e. The zero-order valence-corrected chi connectivity index (χ0v) is 11.3. The van der Waals surface area contributed by atoms with Gasteiger partial charge in [0.1, 0.15) is 0 Å². The number of hydrogen-bond donors (Lipinski definition) is 2. The summed E-state index contributed by atoms with van der Waals surface area (Å²) in [7, 11) is 0. The van der Waals surface area contributed by atoms with Gasteiger partial charge in [-0.2, -0.15) is 0 Å². The third-order valence-corrected chi connectivity index (χ3v) is 4.11. The van der Waals surface area contributed by atoms with Gasteiger partial charge in [0.15, 0.2) is 0 Å². The number of nitrogens with zero attached hydrogens (tertiary/aromatic N) is 1. The molecule has 100 valence electrons. The van der Waals surface area contributed by atoms with Gasteiger partial charge < -0.3 is 15.3 Å². The van der Waals surface area contributed by atoms with Crippen LogP contribution in [0.15, 0.2) is 0 Å². The maximum absolute atomic E-state index is 12.1. The number of likely N-dealkylation sites (tertiary alicyclic amines) is 1.